The molecule has 0 unspecified atom stereocenters. The van der Waals surface area contributed by atoms with Crippen LogP contribution in [-0.2, 0) is 30.8 Å². The summed E-state index contributed by atoms with van der Waals surface area (Å²) in [5.74, 6) is 0.288. The van der Waals surface area contributed by atoms with Crippen LogP contribution in [0, 0.1) is 12.3 Å². The number of carbonyl (C=O) groups excluding carboxylic acids is 2. The van der Waals surface area contributed by atoms with Crippen molar-refractivity contribution in [2.75, 3.05) is 34.0 Å². The molecule has 2 aliphatic carbocycles. The van der Waals surface area contributed by atoms with E-state index in [-0.39, 0.29) is 22.7 Å². The maximum atomic E-state index is 12.7. The molecule has 0 radical (unpaired) electrons. The second-order valence-electron chi connectivity index (χ2n) is 17.2. The molecule has 6 rings (SSSR count). The normalized spacial score (nSPS) is 14.9. The van der Waals surface area contributed by atoms with Crippen LogP contribution in [-0.4, -0.2) is 51.5 Å². The Morgan fingerprint density at radius 3 is 1.82 bits per heavy atom. The predicted molar refractivity (Wildman–Crippen MR) is 224 cm³/mol. The number of ketones is 1. The monoisotopic (exact) mass is 743 g/mol. The summed E-state index contributed by atoms with van der Waals surface area (Å²) in [6.07, 6.45) is 10.0. The first-order chi connectivity index (χ1) is 26.4. The van der Waals surface area contributed by atoms with Crippen molar-refractivity contribution in [1.82, 2.24) is 5.32 Å². The highest BCUT2D eigenvalue weighted by atomic mass is 16.6. The van der Waals surface area contributed by atoms with Crippen LogP contribution in [0.2, 0.25) is 0 Å². The average Bonchev–Trinajstić information content (AvgIpc) is 3.41. The number of hydrogen-bond acceptors (Lipinski definition) is 5. The van der Waals surface area contributed by atoms with E-state index < -0.39 is 5.60 Å². The van der Waals surface area contributed by atoms with Crippen LogP contribution in [0.5, 0.6) is 0 Å². The summed E-state index contributed by atoms with van der Waals surface area (Å²) >= 11 is 0. The van der Waals surface area contributed by atoms with Gasteiger partial charge in [0.05, 0.1) is 0 Å². The van der Waals surface area contributed by atoms with E-state index in [4.69, 9.17) is 14.2 Å². The minimum atomic E-state index is -0.478. The number of alkyl carbamates (subject to hydrolysis) is 1. The fraction of sp³-hybridized carbons (Fsp3) is 0.469. The summed E-state index contributed by atoms with van der Waals surface area (Å²) in [5, 5.41) is 2.81. The van der Waals surface area contributed by atoms with Crippen molar-refractivity contribution in [1.29, 1.82) is 0 Å². The van der Waals surface area contributed by atoms with Gasteiger partial charge in [0.15, 0.2) is 0 Å². The molecule has 6 heteroatoms. The number of methoxy groups -OCH3 is 2. The van der Waals surface area contributed by atoms with Crippen LogP contribution in [0.1, 0.15) is 107 Å². The lowest BCUT2D eigenvalue weighted by atomic mass is 9.47. The van der Waals surface area contributed by atoms with Gasteiger partial charge in [0, 0.05) is 52.2 Å². The number of fused-ring (bicyclic) bond motifs is 5. The van der Waals surface area contributed by atoms with Gasteiger partial charge in [0.1, 0.15) is 11.4 Å². The lowest BCUT2D eigenvalue weighted by molar-refractivity contribution is -0.118. The standard InChI is InChI=1S/C49H61NO5/c1-35-13-23-42-43-24-22-40(32-45(43)49(44(42)30-35)33-48(34-49,25-28-53-5)26-29-54-6)39-20-18-38(19-21-39)37-16-14-36(15-17-37)31-41(51)12-10-8-7-9-11-27-50-46(52)55-47(2,3)4/h13-24,30,32H,7-12,25-29,31,33-34H2,1-6H3,(H,50,52). The highest BCUT2D eigenvalue weighted by Gasteiger charge is 2.59. The molecule has 2 aliphatic rings. The molecule has 0 saturated heterocycles. The predicted octanol–water partition coefficient (Wildman–Crippen LogP) is 11.4. The van der Waals surface area contributed by atoms with Gasteiger partial charge in [-0.25, -0.2) is 4.79 Å². The maximum Gasteiger partial charge on any atom is 0.407 e. The second kappa shape index (κ2) is 17.7. The molecule has 1 saturated carbocycles. The van der Waals surface area contributed by atoms with Gasteiger partial charge in [-0.05, 0) is 128 Å². The van der Waals surface area contributed by atoms with Gasteiger partial charge < -0.3 is 19.5 Å². The Morgan fingerprint density at radius 1 is 0.673 bits per heavy atom. The van der Waals surface area contributed by atoms with Gasteiger partial charge in [-0.15, -0.1) is 0 Å². The fourth-order valence-corrected chi connectivity index (χ4v) is 8.98. The molecule has 1 fully saturated rings. The van der Waals surface area contributed by atoms with Crippen molar-refractivity contribution < 1.29 is 23.8 Å². The molecule has 4 aromatic carbocycles. The van der Waals surface area contributed by atoms with E-state index in [1.165, 1.54) is 44.5 Å². The van der Waals surface area contributed by atoms with Crippen molar-refractivity contribution in [2.45, 2.75) is 109 Å². The molecule has 0 aromatic heterocycles. The largest absolute Gasteiger partial charge is 0.444 e. The third kappa shape index (κ3) is 9.77. The molecule has 0 bridgehead atoms. The zero-order chi connectivity index (χ0) is 39.1. The molecule has 292 valence electrons. The first-order valence-corrected chi connectivity index (χ1v) is 20.4. The number of nitrogens with one attached hydrogen (secondary N) is 1. The van der Waals surface area contributed by atoms with Crippen LogP contribution in [0.15, 0.2) is 84.9 Å². The number of ether oxygens (including phenoxy) is 3. The smallest absolute Gasteiger partial charge is 0.407 e. The number of rotatable bonds is 18. The summed E-state index contributed by atoms with van der Waals surface area (Å²) in [7, 11) is 3.62. The van der Waals surface area contributed by atoms with Crippen molar-refractivity contribution in [3.8, 4) is 33.4 Å². The van der Waals surface area contributed by atoms with E-state index in [2.05, 4.69) is 97.2 Å². The number of Topliss-reactive ketones (excluding diaryl/α,β-unsaturated/α-hetero) is 1. The van der Waals surface area contributed by atoms with E-state index >= 15 is 0 Å². The number of carbonyl (C=O) groups is 2. The quantitative estimate of drug-likeness (QED) is 0.103. The van der Waals surface area contributed by atoms with Crippen LogP contribution >= 0.6 is 0 Å². The molecule has 1 N–H and O–H groups in total. The molecule has 4 aromatic rings. The minimum absolute atomic E-state index is 0.0285. The van der Waals surface area contributed by atoms with Crippen LogP contribution in [0.4, 0.5) is 4.79 Å². The Hall–Kier alpha value is -4.26. The Bertz CT molecular complexity index is 1900. The third-order valence-corrected chi connectivity index (χ3v) is 11.7. The van der Waals surface area contributed by atoms with Gasteiger partial charge in [-0.3, -0.25) is 4.79 Å². The number of benzene rings is 4. The first kappa shape index (κ1) is 40.4. The SMILES string of the molecule is COCCC1(CCOC)CC2(C1)c1cc(C)ccc1-c1ccc(-c3ccc(-c4ccc(CC(=O)CCCCCCCNC(=O)OC(C)(C)C)cc4)cc3)cc12. The van der Waals surface area contributed by atoms with E-state index in [9.17, 15) is 9.59 Å². The van der Waals surface area contributed by atoms with Crippen molar-refractivity contribution in [2.24, 2.45) is 5.41 Å². The zero-order valence-corrected chi connectivity index (χ0v) is 34.0. The fourth-order valence-electron chi connectivity index (χ4n) is 8.98. The van der Waals surface area contributed by atoms with Crippen molar-refractivity contribution in [3.63, 3.8) is 0 Å². The highest BCUT2D eigenvalue weighted by molar-refractivity contribution is 5.85. The van der Waals surface area contributed by atoms with Crippen molar-refractivity contribution >= 4 is 11.9 Å². The first-order valence-electron chi connectivity index (χ1n) is 20.4. The van der Waals surface area contributed by atoms with Gasteiger partial charge in [0.25, 0.3) is 0 Å². The molecular formula is C49H61NO5. The second-order valence-corrected chi connectivity index (χ2v) is 17.2. The summed E-state index contributed by atoms with van der Waals surface area (Å²) in [6.45, 7) is 9.97. The Kier molecular flexibility index (Phi) is 13.0. The molecule has 0 aliphatic heterocycles. The van der Waals surface area contributed by atoms with E-state index in [0.717, 1.165) is 82.1 Å². The van der Waals surface area contributed by atoms with E-state index in [1.807, 2.05) is 35.0 Å². The Labute approximate surface area is 329 Å². The minimum Gasteiger partial charge on any atom is -0.444 e. The molecule has 6 nitrogen and oxygen atoms in total. The Morgan fingerprint density at radius 2 is 1.20 bits per heavy atom. The van der Waals surface area contributed by atoms with Gasteiger partial charge in [0.2, 0.25) is 0 Å². The van der Waals surface area contributed by atoms with Crippen LogP contribution < -0.4 is 5.32 Å². The number of aryl methyl sites for hydroxylation is 1. The van der Waals surface area contributed by atoms with E-state index in [1.54, 1.807) is 0 Å². The third-order valence-electron chi connectivity index (χ3n) is 11.7. The van der Waals surface area contributed by atoms with Crippen LogP contribution in [0.25, 0.3) is 33.4 Å². The number of amides is 1. The zero-order valence-electron chi connectivity index (χ0n) is 34.0. The molecular weight excluding hydrogens is 683 g/mol. The van der Waals surface area contributed by atoms with Gasteiger partial charge >= 0.3 is 6.09 Å². The molecule has 0 heterocycles. The maximum absolute atomic E-state index is 12.7. The summed E-state index contributed by atoms with van der Waals surface area (Å²) in [5.41, 5.74) is 12.7. The summed E-state index contributed by atoms with van der Waals surface area (Å²) < 4.78 is 16.4. The van der Waals surface area contributed by atoms with E-state index in [0.29, 0.717) is 19.4 Å². The number of hydrogen-bond donors (Lipinski definition) is 1. The molecule has 1 spiro atoms. The van der Waals surface area contributed by atoms with Crippen LogP contribution in [0.3, 0.4) is 0 Å². The lowest BCUT2D eigenvalue weighted by Crippen LogP contribution is -2.50. The number of unbranched alkanes of at least 4 members (excludes halogenated alkanes) is 4. The molecule has 1 amide bonds. The lowest BCUT2D eigenvalue weighted by Gasteiger charge is -2.56. The summed E-state index contributed by atoms with van der Waals surface area (Å²) in [6, 6.07) is 31.5. The highest BCUT2D eigenvalue weighted by Crippen LogP contribution is 2.67. The summed E-state index contributed by atoms with van der Waals surface area (Å²) in [4.78, 5) is 24.5. The average molecular weight is 744 g/mol. The topological polar surface area (TPSA) is 73.9 Å². The van der Waals surface area contributed by atoms with Gasteiger partial charge in [-0.2, -0.15) is 0 Å². The molecule has 55 heavy (non-hydrogen) atoms. The van der Waals surface area contributed by atoms with Crippen molar-refractivity contribution in [3.05, 3.63) is 107 Å². The van der Waals surface area contributed by atoms with Gasteiger partial charge in [-0.1, -0.05) is 104 Å². The Balaban J connectivity index is 1.03. The molecule has 0 atom stereocenters.